The molecule has 0 aliphatic carbocycles. The van der Waals surface area contributed by atoms with Gasteiger partial charge in [-0.15, -0.1) is 0 Å². The van der Waals surface area contributed by atoms with Crippen molar-refractivity contribution in [2.45, 2.75) is 31.8 Å². The molecule has 5 heteroatoms. The lowest BCUT2D eigenvalue weighted by atomic mass is 9.83. The maximum absolute atomic E-state index is 13.5. The van der Waals surface area contributed by atoms with Gasteiger partial charge < -0.3 is 14.5 Å². The molecule has 1 saturated heterocycles. The number of methoxy groups -OCH3 is 1. The fourth-order valence-corrected chi connectivity index (χ4v) is 4.47. The van der Waals surface area contributed by atoms with Gasteiger partial charge in [0.1, 0.15) is 5.75 Å². The lowest BCUT2D eigenvalue weighted by Crippen LogP contribution is -2.48. The molecule has 2 aliphatic heterocycles. The number of benzene rings is 2. The standard InChI is InChI=1S/C23H26N2O3/c1-24-21(26)12-11-20(22(24)17-7-9-19(28-2)10-8-17)23(27)25-14-13-16-5-3-4-6-18(16)15-25/h3-10,20,22H,11-15H2,1-2H3/t20-,22+/m1/s1. The van der Waals surface area contributed by atoms with Crippen molar-refractivity contribution in [1.29, 1.82) is 0 Å². The highest BCUT2D eigenvalue weighted by Gasteiger charge is 2.41. The van der Waals surface area contributed by atoms with Crippen molar-refractivity contribution in [3.05, 3.63) is 65.2 Å². The minimum absolute atomic E-state index is 0.0915. The van der Waals surface area contributed by atoms with E-state index in [2.05, 4.69) is 18.2 Å². The van der Waals surface area contributed by atoms with Gasteiger partial charge in [-0.3, -0.25) is 9.59 Å². The van der Waals surface area contributed by atoms with Gasteiger partial charge in [0.05, 0.1) is 19.1 Å². The second-order valence-corrected chi connectivity index (χ2v) is 7.65. The molecule has 2 aromatic rings. The number of hydrogen-bond acceptors (Lipinski definition) is 3. The van der Waals surface area contributed by atoms with Gasteiger partial charge in [0.2, 0.25) is 11.8 Å². The van der Waals surface area contributed by atoms with Crippen LogP contribution >= 0.6 is 0 Å². The number of carbonyl (C=O) groups is 2. The van der Waals surface area contributed by atoms with E-state index in [0.717, 1.165) is 24.3 Å². The van der Waals surface area contributed by atoms with Crippen LogP contribution in [0.25, 0.3) is 0 Å². The van der Waals surface area contributed by atoms with Crippen molar-refractivity contribution in [1.82, 2.24) is 9.80 Å². The second-order valence-electron chi connectivity index (χ2n) is 7.65. The van der Waals surface area contributed by atoms with E-state index < -0.39 is 0 Å². The average Bonchev–Trinajstić information content (AvgIpc) is 2.75. The normalized spacial score (nSPS) is 22.0. The van der Waals surface area contributed by atoms with Crippen LogP contribution in [0.1, 0.15) is 35.6 Å². The third-order valence-corrected chi connectivity index (χ3v) is 6.08. The maximum atomic E-state index is 13.5. The first-order valence-corrected chi connectivity index (χ1v) is 9.83. The Labute approximate surface area is 165 Å². The summed E-state index contributed by atoms with van der Waals surface area (Å²) in [5, 5.41) is 0. The van der Waals surface area contributed by atoms with Crippen molar-refractivity contribution in [3.63, 3.8) is 0 Å². The van der Waals surface area contributed by atoms with Crippen LogP contribution in [-0.4, -0.2) is 42.3 Å². The van der Waals surface area contributed by atoms with Crippen LogP contribution < -0.4 is 4.74 Å². The van der Waals surface area contributed by atoms with E-state index >= 15 is 0 Å². The quantitative estimate of drug-likeness (QED) is 0.824. The highest BCUT2D eigenvalue weighted by Crippen LogP contribution is 2.38. The summed E-state index contributed by atoms with van der Waals surface area (Å²) in [6.07, 6.45) is 1.90. The van der Waals surface area contributed by atoms with E-state index in [9.17, 15) is 9.59 Å². The zero-order valence-electron chi connectivity index (χ0n) is 16.4. The molecule has 0 bridgehead atoms. The minimum Gasteiger partial charge on any atom is -0.497 e. The number of likely N-dealkylation sites (tertiary alicyclic amines) is 1. The van der Waals surface area contributed by atoms with E-state index in [1.54, 1.807) is 12.0 Å². The van der Waals surface area contributed by atoms with E-state index in [4.69, 9.17) is 4.74 Å². The molecule has 0 saturated carbocycles. The van der Waals surface area contributed by atoms with Crippen molar-refractivity contribution >= 4 is 11.8 Å². The van der Waals surface area contributed by atoms with Crippen molar-refractivity contribution < 1.29 is 14.3 Å². The van der Waals surface area contributed by atoms with Crippen LogP contribution in [0.5, 0.6) is 5.75 Å². The fourth-order valence-electron chi connectivity index (χ4n) is 4.47. The Morgan fingerprint density at radius 2 is 1.75 bits per heavy atom. The van der Waals surface area contributed by atoms with Crippen LogP contribution in [0.15, 0.2) is 48.5 Å². The molecule has 146 valence electrons. The molecule has 28 heavy (non-hydrogen) atoms. The van der Waals surface area contributed by atoms with Gasteiger partial charge in [-0.05, 0) is 41.7 Å². The molecule has 2 amide bonds. The van der Waals surface area contributed by atoms with Gasteiger partial charge in [0.25, 0.3) is 0 Å². The van der Waals surface area contributed by atoms with Gasteiger partial charge >= 0.3 is 0 Å². The summed E-state index contributed by atoms with van der Waals surface area (Å²) < 4.78 is 5.25. The Bertz CT molecular complexity index is 878. The molecule has 2 aliphatic rings. The van der Waals surface area contributed by atoms with Crippen LogP contribution in [0.4, 0.5) is 0 Å². The topological polar surface area (TPSA) is 49.9 Å². The first kappa shape index (κ1) is 18.5. The molecule has 4 rings (SSSR count). The molecule has 2 aromatic carbocycles. The van der Waals surface area contributed by atoms with Gasteiger partial charge in [-0.25, -0.2) is 0 Å². The zero-order valence-corrected chi connectivity index (χ0v) is 16.4. The Kier molecular flexibility index (Phi) is 5.07. The maximum Gasteiger partial charge on any atom is 0.228 e. The van der Waals surface area contributed by atoms with Crippen molar-refractivity contribution in [3.8, 4) is 5.75 Å². The Hall–Kier alpha value is -2.82. The van der Waals surface area contributed by atoms with Crippen LogP contribution in [0.3, 0.4) is 0 Å². The van der Waals surface area contributed by atoms with E-state index in [1.807, 2.05) is 42.3 Å². The molecule has 0 spiro atoms. The highest BCUT2D eigenvalue weighted by molar-refractivity contribution is 5.85. The number of hydrogen-bond donors (Lipinski definition) is 0. The number of amides is 2. The SMILES string of the molecule is COc1ccc([C@H]2[C@H](C(=O)N3CCc4ccccc4C3)CCC(=O)N2C)cc1. The van der Waals surface area contributed by atoms with Crippen molar-refractivity contribution in [2.24, 2.45) is 5.92 Å². The fraction of sp³-hybridized carbons (Fsp3) is 0.391. The third kappa shape index (κ3) is 3.37. The largest absolute Gasteiger partial charge is 0.497 e. The number of ether oxygens (including phenoxy) is 1. The zero-order chi connectivity index (χ0) is 19.7. The Morgan fingerprint density at radius 1 is 1.04 bits per heavy atom. The summed E-state index contributed by atoms with van der Waals surface area (Å²) in [7, 11) is 3.44. The second kappa shape index (κ2) is 7.66. The number of fused-ring (bicyclic) bond motifs is 1. The van der Waals surface area contributed by atoms with Gasteiger partial charge in [-0.1, -0.05) is 36.4 Å². The molecule has 1 fully saturated rings. The van der Waals surface area contributed by atoms with E-state index in [0.29, 0.717) is 19.4 Å². The predicted octanol–water partition coefficient (Wildman–Crippen LogP) is 3.19. The molecule has 0 aromatic heterocycles. The third-order valence-electron chi connectivity index (χ3n) is 6.08. The molecule has 0 radical (unpaired) electrons. The predicted molar refractivity (Wildman–Crippen MR) is 107 cm³/mol. The molecule has 0 unspecified atom stereocenters. The van der Waals surface area contributed by atoms with Crippen LogP contribution in [0, 0.1) is 5.92 Å². The van der Waals surface area contributed by atoms with Crippen LogP contribution in [0.2, 0.25) is 0 Å². The van der Waals surface area contributed by atoms with Gasteiger partial charge in [-0.2, -0.15) is 0 Å². The van der Waals surface area contributed by atoms with Crippen LogP contribution in [-0.2, 0) is 22.6 Å². The summed E-state index contributed by atoms with van der Waals surface area (Å²) in [6, 6.07) is 15.8. The first-order chi connectivity index (χ1) is 13.6. The monoisotopic (exact) mass is 378 g/mol. The molecule has 2 heterocycles. The number of rotatable bonds is 3. The van der Waals surface area contributed by atoms with E-state index in [1.165, 1.54) is 11.1 Å². The van der Waals surface area contributed by atoms with E-state index in [-0.39, 0.29) is 23.8 Å². The molecular weight excluding hydrogens is 352 g/mol. The summed E-state index contributed by atoms with van der Waals surface area (Å²) in [5.41, 5.74) is 3.53. The van der Waals surface area contributed by atoms with Crippen molar-refractivity contribution in [2.75, 3.05) is 20.7 Å². The molecule has 5 nitrogen and oxygen atoms in total. The molecule has 2 atom stereocenters. The number of nitrogens with zero attached hydrogens (tertiary/aromatic N) is 2. The number of piperidine rings is 1. The Balaban J connectivity index is 1.60. The number of carbonyl (C=O) groups excluding carboxylic acids is 2. The highest BCUT2D eigenvalue weighted by atomic mass is 16.5. The Morgan fingerprint density at radius 3 is 2.46 bits per heavy atom. The summed E-state index contributed by atoms with van der Waals surface area (Å²) in [5.74, 6) is 0.786. The summed E-state index contributed by atoms with van der Waals surface area (Å²) >= 11 is 0. The lowest BCUT2D eigenvalue weighted by Gasteiger charge is -2.41. The molecular formula is C23H26N2O3. The molecule has 0 N–H and O–H groups in total. The smallest absolute Gasteiger partial charge is 0.228 e. The lowest BCUT2D eigenvalue weighted by molar-refractivity contribution is -0.147. The van der Waals surface area contributed by atoms with Gasteiger partial charge in [0.15, 0.2) is 0 Å². The summed E-state index contributed by atoms with van der Waals surface area (Å²) in [6.45, 7) is 1.39. The summed E-state index contributed by atoms with van der Waals surface area (Å²) in [4.78, 5) is 29.6. The average molecular weight is 378 g/mol. The first-order valence-electron chi connectivity index (χ1n) is 9.83. The van der Waals surface area contributed by atoms with Gasteiger partial charge in [0, 0.05) is 26.6 Å². The minimum atomic E-state index is -0.239.